The molecule has 0 bridgehead atoms. The molecule has 0 aromatic heterocycles. The Bertz CT molecular complexity index is 889. The van der Waals surface area contributed by atoms with Crippen LogP contribution in [0.15, 0.2) is 29.2 Å². The maximum atomic E-state index is 13.2. The summed E-state index contributed by atoms with van der Waals surface area (Å²) >= 11 is 0. The molecule has 0 atom stereocenters. The van der Waals surface area contributed by atoms with Gasteiger partial charge in [0.25, 0.3) is 0 Å². The standard InChI is InChI=1S/C18H25F3N4O4S/c1-17(2,3)23-16(27)22-15(26)12-24-8-10-25(11-9-24)30(28,29)14-7-5-4-6-13(14)18(19,20)21/h4-7H,8-12H2,1-3H3,(H2,22,23,26,27). The third-order valence-corrected chi connectivity index (χ3v) is 6.21. The van der Waals surface area contributed by atoms with Crippen LogP contribution in [0.25, 0.3) is 0 Å². The zero-order valence-corrected chi connectivity index (χ0v) is 17.7. The Morgan fingerprint density at radius 3 is 2.13 bits per heavy atom. The number of rotatable bonds is 4. The van der Waals surface area contributed by atoms with E-state index in [4.69, 9.17) is 0 Å². The summed E-state index contributed by atoms with van der Waals surface area (Å²) in [5.74, 6) is -0.560. The molecule has 1 heterocycles. The highest BCUT2D eigenvalue weighted by molar-refractivity contribution is 7.89. The van der Waals surface area contributed by atoms with Crippen molar-refractivity contribution in [2.75, 3.05) is 32.7 Å². The van der Waals surface area contributed by atoms with E-state index in [1.807, 2.05) is 0 Å². The van der Waals surface area contributed by atoms with E-state index < -0.39 is 44.1 Å². The first-order chi connectivity index (χ1) is 13.7. The first-order valence-corrected chi connectivity index (χ1v) is 10.6. The van der Waals surface area contributed by atoms with Gasteiger partial charge in [0.05, 0.1) is 17.0 Å². The number of urea groups is 1. The van der Waals surface area contributed by atoms with Gasteiger partial charge in [-0.15, -0.1) is 0 Å². The predicted molar refractivity (Wildman–Crippen MR) is 103 cm³/mol. The van der Waals surface area contributed by atoms with E-state index in [0.29, 0.717) is 0 Å². The number of nitrogens with zero attached hydrogens (tertiary/aromatic N) is 2. The number of halogens is 3. The van der Waals surface area contributed by atoms with Gasteiger partial charge in [-0.1, -0.05) is 12.1 Å². The summed E-state index contributed by atoms with van der Waals surface area (Å²) in [4.78, 5) is 24.6. The first kappa shape index (κ1) is 24.1. The van der Waals surface area contributed by atoms with Crippen molar-refractivity contribution in [3.8, 4) is 0 Å². The van der Waals surface area contributed by atoms with Crippen molar-refractivity contribution < 1.29 is 31.2 Å². The van der Waals surface area contributed by atoms with Gasteiger partial charge in [0.15, 0.2) is 0 Å². The van der Waals surface area contributed by atoms with Crippen LogP contribution < -0.4 is 10.6 Å². The quantitative estimate of drug-likeness (QED) is 0.727. The molecule has 0 aliphatic carbocycles. The number of sulfonamides is 1. The largest absolute Gasteiger partial charge is 0.417 e. The average molecular weight is 450 g/mol. The van der Waals surface area contributed by atoms with E-state index in [9.17, 15) is 31.2 Å². The second-order valence-electron chi connectivity index (χ2n) is 7.93. The maximum Gasteiger partial charge on any atom is 0.417 e. The molecule has 1 saturated heterocycles. The number of benzene rings is 1. The Morgan fingerprint density at radius 1 is 1.03 bits per heavy atom. The zero-order valence-electron chi connectivity index (χ0n) is 16.9. The van der Waals surface area contributed by atoms with Crippen LogP contribution in [-0.2, 0) is 21.0 Å². The Labute approximate surface area is 173 Å². The Morgan fingerprint density at radius 2 is 1.60 bits per heavy atom. The molecule has 1 aromatic carbocycles. The normalized spacial score (nSPS) is 16.9. The van der Waals surface area contributed by atoms with Crippen molar-refractivity contribution in [1.29, 1.82) is 0 Å². The summed E-state index contributed by atoms with van der Waals surface area (Å²) in [6.45, 7) is 5.27. The van der Waals surface area contributed by atoms with Crippen LogP contribution in [0.2, 0.25) is 0 Å². The van der Waals surface area contributed by atoms with Gasteiger partial charge in [-0.2, -0.15) is 17.5 Å². The number of amides is 3. The smallest absolute Gasteiger partial charge is 0.333 e. The van der Waals surface area contributed by atoms with Crippen LogP contribution in [0, 0.1) is 0 Å². The lowest BCUT2D eigenvalue weighted by Crippen LogP contribution is -2.53. The SMILES string of the molecule is CC(C)(C)NC(=O)NC(=O)CN1CCN(S(=O)(=O)c2ccccc2C(F)(F)F)CC1. The molecule has 8 nitrogen and oxygen atoms in total. The molecule has 2 rings (SSSR count). The van der Waals surface area contributed by atoms with Crippen LogP contribution >= 0.6 is 0 Å². The molecule has 1 aliphatic heterocycles. The number of carbonyl (C=O) groups excluding carboxylic acids is 2. The number of hydrogen-bond donors (Lipinski definition) is 2. The number of alkyl halides is 3. The van der Waals surface area contributed by atoms with Crippen LogP contribution in [0.1, 0.15) is 26.3 Å². The summed E-state index contributed by atoms with van der Waals surface area (Å²) in [5.41, 5.74) is -1.73. The van der Waals surface area contributed by atoms with Gasteiger partial charge in [-0.3, -0.25) is 15.0 Å². The topological polar surface area (TPSA) is 98.8 Å². The van der Waals surface area contributed by atoms with Crippen LogP contribution in [-0.4, -0.2) is 67.8 Å². The van der Waals surface area contributed by atoms with Crippen LogP contribution in [0.3, 0.4) is 0 Å². The molecule has 3 amide bonds. The van der Waals surface area contributed by atoms with E-state index in [1.165, 1.54) is 6.07 Å². The zero-order chi connectivity index (χ0) is 22.7. The van der Waals surface area contributed by atoms with Gasteiger partial charge >= 0.3 is 12.2 Å². The second kappa shape index (κ2) is 8.90. The van der Waals surface area contributed by atoms with Gasteiger partial charge in [-0.05, 0) is 32.9 Å². The van der Waals surface area contributed by atoms with Gasteiger partial charge in [0.2, 0.25) is 15.9 Å². The summed E-state index contributed by atoms with van der Waals surface area (Å²) in [6, 6.07) is 3.40. The molecule has 30 heavy (non-hydrogen) atoms. The number of hydrogen-bond acceptors (Lipinski definition) is 5. The summed E-state index contributed by atoms with van der Waals surface area (Å²) in [6.07, 6.45) is -4.79. The number of piperazine rings is 1. The molecular formula is C18H25F3N4O4S. The molecule has 1 fully saturated rings. The predicted octanol–water partition coefficient (Wildman–Crippen LogP) is 1.64. The minimum Gasteiger partial charge on any atom is -0.333 e. The number of nitrogens with one attached hydrogen (secondary N) is 2. The third-order valence-electron chi connectivity index (χ3n) is 4.25. The van der Waals surface area contributed by atoms with Crippen LogP contribution in [0.4, 0.5) is 18.0 Å². The second-order valence-corrected chi connectivity index (χ2v) is 9.83. The minimum atomic E-state index is -4.79. The molecule has 0 radical (unpaired) electrons. The molecule has 0 saturated carbocycles. The molecule has 1 aromatic rings. The molecule has 0 unspecified atom stereocenters. The van der Waals surface area contributed by atoms with E-state index >= 15 is 0 Å². The first-order valence-electron chi connectivity index (χ1n) is 9.21. The van der Waals surface area contributed by atoms with Crippen molar-refractivity contribution in [2.45, 2.75) is 37.4 Å². The molecular weight excluding hydrogens is 425 g/mol. The minimum absolute atomic E-state index is 0.0734. The van der Waals surface area contributed by atoms with Gasteiger partial charge in [0, 0.05) is 31.7 Å². The monoisotopic (exact) mass is 450 g/mol. The Kier molecular flexibility index (Phi) is 7.15. The lowest BCUT2D eigenvalue weighted by atomic mass is 10.1. The summed E-state index contributed by atoms with van der Waals surface area (Å²) in [7, 11) is -4.35. The van der Waals surface area contributed by atoms with Crippen LogP contribution in [0.5, 0.6) is 0 Å². The molecule has 0 spiro atoms. The highest BCUT2D eigenvalue weighted by Crippen LogP contribution is 2.35. The molecule has 168 valence electrons. The maximum absolute atomic E-state index is 13.2. The molecule has 2 N–H and O–H groups in total. The average Bonchev–Trinajstić information content (AvgIpc) is 2.59. The van der Waals surface area contributed by atoms with Gasteiger partial charge in [0.1, 0.15) is 0 Å². The fraction of sp³-hybridized carbons (Fsp3) is 0.556. The number of carbonyl (C=O) groups is 2. The van der Waals surface area contributed by atoms with Crippen molar-refractivity contribution in [3.63, 3.8) is 0 Å². The van der Waals surface area contributed by atoms with E-state index in [-0.39, 0.29) is 32.7 Å². The van der Waals surface area contributed by atoms with Gasteiger partial charge < -0.3 is 5.32 Å². The van der Waals surface area contributed by atoms with E-state index in [1.54, 1.807) is 25.7 Å². The number of imide groups is 1. The summed E-state index contributed by atoms with van der Waals surface area (Å²) < 4.78 is 66.0. The van der Waals surface area contributed by atoms with Crippen molar-refractivity contribution in [1.82, 2.24) is 19.8 Å². The Hall–Kier alpha value is -2.18. The lowest BCUT2D eigenvalue weighted by Gasteiger charge is -2.34. The fourth-order valence-corrected chi connectivity index (χ4v) is 4.57. The summed E-state index contributed by atoms with van der Waals surface area (Å²) in [5, 5.41) is 4.77. The Balaban J connectivity index is 1.98. The highest BCUT2D eigenvalue weighted by atomic mass is 32.2. The molecule has 12 heteroatoms. The third kappa shape index (κ3) is 6.41. The van der Waals surface area contributed by atoms with Crippen molar-refractivity contribution >= 4 is 22.0 Å². The molecule has 1 aliphatic rings. The van der Waals surface area contributed by atoms with Crippen molar-refractivity contribution in [3.05, 3.63) is 29.8 Å². The lowest BCUT2D eigenvalue weighted by molar-refractivity contribution is -0.140. The van der Waals surface area contributed by atoms with E-state index in [2.05, 4.69) is 10.6 Å². The fourth-order valence-electron chi connectivity index (χ4n) is 2.93. The van der Waals surface area contributed by atoms with Gasteiger partial charge in [-0.25, -0.2) is 13.2 Å². The van der Waals surface area contributed by atoms with Crippen molar-refractivity contribution in [2.24, 2.45) is 0 Å². The highest BCUT2D eigenvalue weighted by Gasteiger charge is 2.39. The van der Waals surface area contributed by atoms with E-state index in [0.717, 1.165) is 22.5 Å².